The molecule has 0 amide bonds. The van der Waals surface area contributed by atoms with Crippen LogP contribution in [0.5, 0.6) is 0 Å². The number of benzene rings is 1. The Morgan fingerprint density at radius 3 is 2.30 bits per heavy atom. The Kier molecular flexibility index (Phi) is 5.18. The monoisotopic (exact) mass is 297 g/mol. The van der Waals surface area contributed by atoms with Crippen LogP contribution in [0.3, 0.4) is 0 Å². The van der Waals surface area contributed by atoms with Crippen molar-refractivity contribution in [1.82, 2.24) is 4.31 Å². The highest BCUT2D eigenvalue weighted by atomic mass is 32.2. The number of sulfonamides is 1. The summed E-state index contributed by atoms with van der Waals surface area (Å²) in [5, 5.41) is 9.00. The van der Waals surface area contributed by atoms with Crippen LogP contribution >= 0.6 is 0 Å². The zero-order chi connectivity index (χ0) is 14.6. The molecule has 0 heterocycles. The second kappa shape index (κ2) is 6.70. The second-order valence-corrected chi connectivity index (χ2v) is 7.35. The molecule has 112 valence electrons. The van der Waals surface area contributed by atoms with E-state index >= 15 is 0 Å². The minimum Gasteiger partial charge on any atom is -0.392 e. The number of hydrogen-bond donors (Lipinski definition) is 1. The molecule has 0 spiro atoms. The van der Waals surface area contributed by atoms with Gasteiger partial charge in [-0.3, -0.25) is 0 Å². The van der Waals surface area contributed by atoms with E-state index in [-0.39, 0.29) is 18.4 Å². The average molecular weight is 297 g/mol. The average Bonchev–Trinajstić information content (AvgIpc) is 3.24. The van der Waals surface area contributed by atoms with Crippen LogP contribution in [-0.2, 0) is 22.4 Å². The zero-order valence-electron chi connectivity index (χ0n) is 12.0. The van der Waals surface area contributed by atoms with Crippen molar-refractivity contribution in [2.24, 2.45) is 0 Å². The lowest BCUT2D eigenvalue weighted by atomic mass is 10.2. The third-order valence-electron chi connectivity index (χ3n) is 3.60. The van der Waals surface area contributed by atoms with E-state index in [4.69, 9.17) is 5.11 Å². The van der Waals surface area contributed by atoms with Crippen LogP contribution in [0.1, 0.15) is 43.7 Å². The van der Waals surface area contributed by atoms with Crippen molar-refractivity contribution in [1.29, 1.82) is 0 Å². The predicted molar refractivity (Wildman–Crippen MR) is 79.6 cm³/mol. The molecule has 2 rings (SSSR count). The van der Waals surface area contributed by atoms with Gasteiger partial charge in [-0.05, 0) is 30.4 Å². The fourth-order valence-corrected chi connectivity index (χ4v) is 4.11. The summed E-state index contributed by atoms with van der Waals surface area (Å²) < 4.78 is 26.7. The van der Waals surface area contributed by atoms with Gasteiger partial charge >= 0.3 is 0 Å². The van der Waals surface area contributed by atoms with Crippen LogP contribution in [0.2, 0.25) is 0 Å². The topological polar surface area (TPSA) is 57.6 Å². The van der Waals surface area contributed by atoms with Crippen molar-refractivity contribution in [3.63, 3.8) is 0 Å². The number of aliphatic hydroxyl groups excluding tert-OH is 1. The first-order valence-electron chi connectivity index (χ1n) is 7.25. The molecule has 5 heteroatoms. The van der Waals surface area contributed by atoms with E-state index in [9.17, 15) is 8.42 Å². The Morgan fingerprint density at radius 1 is 1.20 bits per heavy atom. The summed E-state index contributed by atoms with van der Waals surface area (Å²) in [5.74, 6) is 0.0545. The molecule has 1 aliphatic rings. The van der Waals surface area contributed by atoms with Gasteiger partial charge in [0, 0.05) is 12.6 Å². The van der Waals surface area contributed by atoms with Gasteiger partial charge in [0.1, 0.15) is 0 Å². The number of nitrogens with zero attached hydrogens (tertiary/aromatic N) is 1. The van der Waals surface area contributed by atoms with Gasteiger partial charge in [-0.1, -0.05) is 37.6 Å². The standard InChI is InChI=1S/C15H23NO3S/c1-2-3-10-16(15-8-9-15)20(18,19)12-14-6-4-13(11-17)5-7-14/h4-7,15,17H,2-3,8-12H2,1H3. The van der Waals surface area contributed by atoms with Crippen LogP contribution < -0.4 is 0 Å². The number of rotatable bonds is 8. The van der Waals surface area contributed by atoms with Crippen LogP contribution in [0.15, 0.2) is 24.3 Å². The van der Waals surface area contributed by atoms with E-state index < -0.39 is 10.0 Å². The van der Waals surface area contributed by atoms with E-state index in [0.29, 0.717) is 6.54 Å². The summed E-state index contributed by atoms with van der Waals surface area (Å²) in [6.07, 6.45) is 3.90. The Hall–Kier alpha value is -0.910. The Bertz CT molecular complexity index is 521. The first-order valence-corrected chi connectivity index (χ1v) is 8.86. The Morgan fingerprint density at radius 2 is 1.80 bits per heavy atom. The van der Waals surface area contributed by atoms with E-state index in [0.717, 1.165) is 36.8 Å². The van der Waals surface area contributed by atoms with Crippen LogP contribution in [0.25, 0.3) is 0 Å². The molecular weight excluding hydrogens is 274 g/mol. The first kappa shape index (κ1) is 15.5. The van der Waals surface area contributed by atoms with Gasteiger partial charge < -0.3 is 5.11 Å². The highest BCUT2D eigenvalue weighted by Crippen LogP contribution is 2.30. The maximum Gasteiger partial charge on any atom is 0.218 e. The lowest BCUT2D eigenvalue weighted by Gasteiger charge is -2.21. The molecule has 1 fully saturated rings. The van der Waals surface area contributed by atoms with Gasteiger partial charge in [-0.25, -0.2) is 8.42 Å². The molecular formula is C15H23NO3S. The largest absolute Gasteiger partial charge is 0.392 e. The third-order valence-corrected chi connectivity index (χ3v) is 5.49. The van der Waals surface area contributed by atoms with E-state index in [2.05, 4.69) is 6.92 Å². The maximum absolute atomic E-state index is 12.5. The smallest absolute Gasteiger partial charge is 0.218 e. The van der Waals surface area contributed by atoms with E-state index in [1.807, 2.05) is 0 Å². The van der Waals surface area contributed by atoms with E-state index in [1.165, 1.54) is 0 Å². The quantitative estimate of drug-likeness (QED) is 0.801. The van der Waals surface area contributed by atoms with Crippen molar-refractivity contribution >= 4 is 10.0 Å². The summed E-state index contributed by atoms with van der Waals surface area (Å²) in [4.78, 5) is 0. The van der Waals surface area contributed by atoms with Gasteiger partial charge in [0.25, 0.3) is 0 Å². The van der Waals surface area contributed by atoms with Crippen molar-refractivity contribution in [2.45, 2.75) is 51.0 Å². The molecule has 0 atom stereocenters. The molecule has 0 aliphatic heterocycles. The molecule has 0 saturated heterocycles. The second-order valence-electron chi connectivity index (χ2n) is 5.43. The minimum atomic E-state index is -3.23. The summed E-state index contributed by atoms with van der Waals surface area (Å²) in [7, 11) is -3.23. The number of unbranched alkanes of at least 4 members (excludes halogenated alkanes) is 1. The van der Waals surface area contributed by atoms with Crippen molar-refractivity contribution in [3.8, 4) is 0 Å². The summed E-state index contributed by atoms with van der Waals surface area (Å²) in [6, 6.07) is 7.35. The minimum absolute atomic E-state index is 0.0161. The highest BCUT2D eigenvalue weighted by molar-refractivity contribution is 7.88. The van der Waals surface area contributed by atoms with Gasteiger partial charge in [0.2, 0.25) is 10.0 Å². The lowest BCUT2D eigenvalue weighted by Crippen LogP contribution is -2.35. The Balaban J connectivity index is 2.07. The fraction of sp³-hybridized carbons (Fsp3) is 0.600. The first-order chi connectivity index (χ1) is 9.56. The third kappa shape index (κ3) is 4.04. The van der Waals surface area contributed by atoms with Crippen molar-refractivity contribution in [2.75, 3.05) is 6.54 Å². The lowest BCUT2D eigenvalue weighted by molar-refractivity contribution is 0.282. The molecule has 1 aromatic carbocycles. The predicted octanol–water partition coefficient (Wildman–Crippen LogP) is 2.27. The van der Waals surface area contributed by atoms with Crippen molar-refractivity contribution < 1.29 is 13.5 Å². The van der Waals surface area contributed by atoms with Crippen LogP contribution in [-0.4, -0.2) is 30.4 Å². The normalized spacial score (nSPS) is 15.8. The van der Waals surface area contributed by atoms with Gasteiger partial charge in [-0.15, -0.1) is 0 Å². The molecule has 1 aliphatic carbocycles. The zero-order valence-corrected chi connectivity index (χ0v) is 12.8. The molecule has 20 heavy (non-hydrogen) atoms. The molecule has 1 N–H and O–H groups in total. The van der Waals surface area contributed by atoms with Gasteiger partial charge in [0.15, 0.2) is 0 Å². The SMILES string of the molecule is CCCCN(C1CC1)S(=O)(=O)Cc1ccc(CO)cc1. The van der Waals surface area contributed by atoms with E-state index in [1.54, 1.807) is 28.6 Å². The summed E-state index contributed by atoms with van der Waals surface area (Å²) >= 11 is 0. The molecule has 0 bridgehead atoms. The van der Waals surface area contributed by atoms with Crippen molar-refractivity contribution in [3.05, 3.63) is 35.4 Å². The number of hydrogen-bond acceptors (Lipinski definition) is 3. The molecule has 0 radical (unpaired) electrons. The molecule has 1 saturated carbocycles. The molecule has 0 aromatic heterocycles. The highest BCUT2D eigenvalue weighted by Gasteiger charge is 2.36. The van der Waals surface area contributed by atoms with Crippen LogP contribution in [0, 0.1) is 0 Å². The molecule has 1 aromatic rings. The van der Waals surface area contributed by atoms with Crippen LogP contribution in [0.4, 0.5) is 0 Å². The Labute approximate surface area is 121 Å². The number of aliphatic hydroxyl groups is 1. The summed E-state index contributed by atoms with van der Waals surface area (Å²) in [5.41, 5.74) is 1.58. The molecule has 0 unspecified atom stereocenters. The molecule has 4 nitrogen and oxygen atoms in total. The maximum atomic E-state index is 12.5. The fourth-order valence-electron chi connectivity index (χ4n) is 2.26. The van der Waals surface area contributed by atoms with Gasteiger partial charge in [-0.2, -0.15) is 4.31 Å². The van der Waals surface area contributed by atoms with Gasteiger partial charge in [0.05, 0.1) is 12.4 Å². The summed E-state index contributed by atoms with van der Waals surface area (Å²) in [6.45, 7) is 2.70.